The second kappa shape index (κ2) is 8.57. The lowest BCUT2D eigenvalue weighted by molar-refractivity contribution is -0.137. The van der Waals surface area contributed by atoms with Gasteiger partial charge in [-0.2, -0.15) is 13.2 Å². The van der Waals surface area contributed by atoms with Crippen LogP contribution in [0.1, 0.15) is 24.0 Å². The molecule has 27 heavy (non-hydrogen) atoms. The maximum absolute atomic E-state index is 12.6. The molecule has 1 heterocycles. The van der Waals surface area contributed by atoms with E-state index in [0.717, 1.165) is 44.5 Å². The maximum atomic E-state index is 12.6. The summed E-state index contributed by atoms with van der Waals surface area (Å²) < 4.78 is 37.7. The van der Waals surface area contributed by atoms with Gasteiger partial charge in [-0.15, -0.1) is 0 Å². The summed E-state index contributed by atoms with van der Waals surface area (Å²) in [5, 5.41) is 2.67. The summed E-state index contributed by atoms with van der Waals surface area (Å²) in [6.45, 7) is 1.98. The molecular weight excluding hydrogens is 353 g/mol. The fourth-order valence-corrected chi connectivity index (χ4v) is 3.44. The fraction of sp³-hybridized carbons (Fsp3) is 0.381. The predicted octanol–water partition coefficient (Wildman–Crippen LogP) is 4.60. The molecule has 1 aliphatic rings. The van der Waals surface area contributed by atoms with Crippen LogP contribution in [0.5, 0.6) is 0 Å². The fourth-order valence-electron chi connectivity index (χ4n) is 3.44. The Bertz CT molecular complexity index is 736. The summed E-state index contributed by atoms with van der Waals surface area (Å²) >= 11 is 0. The average molecular weight is 376 g/mol. The molecule has 2 aromatic carbocycles. The van der Waals surface area contributed by atoms with Crippen LogP contribution in [0, 0.1) is 5.92 Å². The highest BCUT2D eigenvalue weighted by Crippen LogP contribution is 2.29. The molecule has 3 rings (SSSR count). The number of hydrogen-bond donors (Lipinski definition) is 1. The van der Waals surface area contributed by atoms with Gasteiger partial charge in [0.1, 0.15) is 0 Å². The first kappa shape index (κ1) is 19.4. The number of carbonyl (C=O) groups is 1. The Labute approximate surface area is 157 Å². The molecule has 1 fully saturated rings. The second-order valence-electron chi connectivity index (χ2n) is 7.03. The van der Waals surface area contributed by atoms with Crippen molar-refractivity contribution >= 4 is 11.6 Å². The Balaban J connectivity index is 1.43. The molecule has 6 heteroatoms. The molecule has 1 amide bonds. The van der Waals surface area contributed by atoms with Crippen molar-refractivity contribution in [2.45, 2.75) is 25.4 Å². The molecule has 0 aliphatic carbocycles. The number of nitrogens with one attached hydrogen (secondary N) is 1. The van der Waals surface area contributed by atoms with Gasteiger partial charge in [-0.05, 0) is 68.1 Å². The predicted molar refractivity (Wildman–Crippen MR) is 99.4 cm³/mol. The minimum absolute atomic E-state index is 0.198. The van der Waals surface area contributed by atoms with Gasteiger partial charge in [0.05, 0.1) is 12.1 Å². The molecule has 3 nitrogen and oxygen atoms in total. The van der Waals surface area contributed by atoms with Crippen molar-refractivity contribution in [2.75, 3.05) is 25.0 Å². The first-order chi connectivity index (χ1) is 12.9. The van der Waals surface area contributed by atoms with Gasteiger partial charge in [0, 0.05) is 5.69 Å². The van der Waals surface area contributed by atoms with Crippen molar-refractivity contribution in [3.05, 3.63) is 65.7 Å². The molecule has 0 saturated carbocycles. The van der Waals surface area contributed by atoms with Crippen molar-refractivity contribution < 1.29 is 18.0 Å². The van der Waals surface area contributed by atoms with Crippen molar-refractivity contribution in [1.29, 1.82) is 0 Å². The van der Waals surface area contributed by atoms with E-state index in [1.54, 1.807) is 0 Å². The van der Waals surface area contributed by atoms with E-state index in [2.05, 4.69) is 34.5 Å². The van der Waals surface area contributed by atoms with Crippen LogP contribution < -0.4 is 5.32 Å². The van der Waals surface area contributed by atoms with E-state index in [1.807, 2.05) is 6.07 Å². The maximum Gasteiger partial charge on any atom is 0.416 e. The quantitative estimate of drug-likeness (QED) is 0.827. The number of amides is 1. The number of benzene rings is 2. The molecular formula is C21H23F3N2O. The van der Waals surface area contributed by atoms with Gasteiger partial charge in [-0.1, -0.05) is 30.3 Å². The Morgan fingerprint density at radius 2 is 1.63 bits per heavy atom. The van der Waals surface area contributed by atoms with E-state index in [9.17, 15) is 18.0 Å². The van der Waals surface area contributed by atoms with Crippen molar-refractivity contribution in [1.82, 2.24) is 4.90 Å². The van der Waals surface area contributed by atoms with Gasteiger partial charge < -0.3 is 5.32 Å². The van der Waals surface area contributed by atoms with Crippen LogP contribution in [0.15, 0.2) is 54.6 Å². The van der Waals surface area contributed by atoms with Gasteiger partial charge in [0.15, 0.2) is 0 Å². The Morgan fingerprint density at radius 1 is 1.00 bits per heavy atom. The smallest absolute Gasteiger partial charge is 0.325 e. The third kappa shape index (κ3) is 5.82. The number of anilines is 1. The highest BCUT2D eigenvalue weighted by Gasteiger charge is 2.30. The van der Waals surface area contributed by atoms with Crippen LogP contribution >= 0.6 is 0 Å². The molecule has 0 radical (unpaired) electrons. The number of piperidine rings is 1. The van der Waals surface area contributed by atoms with Gasteiger partial charge in [0.25, 0.3) is 0 Å². The summed E-state index contributed by atoms with van der Waals surface area (Å²) in [6.07, 6.45) is -1.22. The van der Waals surface area contributed by atoms with E-state index in [0.29, 0.717) is 11.6 Å². The lowest BCUT2D eigenvalue weighted by Gasteiger charge is -2.31. The summed E-state index contributed by atoms with van der Waals surface area (Å²) in [5.41, 5.74) is 1.00. The lowest BCUT2D eigenvalue weighted by atomic mass is 9.90. The van der Waals surface area contributed by atoms with Crippen molar-refractivity contribution in [3.8, 4) is 0 Å². The van der Waals surface area contributed by atoms with Crippen LogP contribution in [0.3, 0.4) is 0 Å². The Kier molecular flexibility index (Phi) is 6.16. The SMILES string of the molecule is O=C(CN1CCC(Cc2ccccc2)CC1)Nc1ccc(C(F)(F)F)cc1. The number of rotatable bonds is 5. The summed E-state index contributed by atoms with van der Waals surface area (Å²) in [6, 6.07) is 14.9. The first-order valence-electron chi connectivity index (χ1n) is 9.13. The molecule has 144 valence electrons. The Hall–Kier alpha value is -2.34. The highest BCUT2D eigenvalue weighted by molar-refractivity contribution is 5.92. The van der Waals surface area contributed by atoms with Crippen LogP contribution in [-0.2, 0) is 17.4 Å². The summed E-state index contributed by atoms with van der Waals surface area (Å²) in [4.78, 5) is 14.3. The largest absolute Gasteiger partial charge is 0.416 e. The van der Waals surface area contributed by atoms with Crippen LogP contribution in [0.25, 0.3) is 0 Å². The standard InChI is InChI=1S/C21H23F3N2O/c22-21(23,24)18-6-8-19(9-7-18)25-20(27)15-26-12-10-17(11-13-26)14-16-4-2-1-3-5-16/h1-9,17H,10-15H2,(H,25,27). The number of alkyl halides is 3. The zero-order chi connectivity index (χ0) is 19.3. The lowest BCUT2D eigenvalue weighted by Crippen LogP contribution is -2.39. The van der Waals surface area contributed by atoms with Gasteiger partial charge in [-0.25, -0.2) is 0 Å². The second-order valence-corrected chi connectivity index (χ2v) is 7.03. The van der Waals surface area contributed by atoms with E-state index in [4.69, 9.17) is 0 Å². The number of carbonyl (C=O) groups excluding carboxylic acids is 1. The minimum Gasteiger partial charge on any atom is -0.325 e. The van der Waals surface area contributed by atoms with E-state index in [-0.39, 0.29) is 12.5 Å². The van der Waals surface area contributed by atoms with Crippen molar-refractivity contribution in [2.24, 2.45) is 5.92 Å². The molecule has 1 N–H and O–H groups in total. The molecule has 0 aromatic heterocycles. The first-order valence-corrected chi connectivity index (χ1v) is 9.13. The molecule has 2 aromatic rings. The zero-order valence-corrected chi connectivity index (χ0v) is 15.0. The topological polar surface area (TPSA) is 32.3 Å². The number of nitrogens with zero attached hydrogens (tertiary/aromatic N) is 1. The molecule has 1 aliphatic heterocycles. The van der Waals surface area contributed by atoms with Crippen LogP contribution in [-0.4, -0.2) is 30.4 Å². The van der Waals surface area contributed by atoms with Crippen LogP contribution in [0.4, 0.5) is 18.9 Å². The van der Waals surface area contributed by atoms with E-state index < -0.39 is 11.7 Å². The normalized spacial score (nSPS) is 16.3. The van der Waals surface area contributed by atoms with Gasteiger partial charge >= 0.3 is 6.18 Å². The monoisotopic (exact) mass is 376 g/mol. The third-order valence-electron chi connectivity index (χ3n) is 4.94. The number of halogens is 3. The molecule has 0 bridgehead atoms. The molecule has 0 unspecified atom stereocenters. The minimum atomic E-state index is -4.37. The van der Waals surface area contributed by atoms with Crippen molar-refractivity contribution in [3.63, 3.8) is 0 Å². The number of likely N-dealkylation sites (tertiary alicyclic amines) is 1. The molecule has 1 saturated heterocycles. The highest BCUT2D eigenvalue weighted by atomic mass is 19.4. The van der Waals surface area contributed by atoms with E-state index in [1.165, 1.54) is 17.7 Å². The third-order valence-corrected chi connectivity index (χ3v) is 4.94. The van der Waals surface area contributed by atoms with Gasteiger partial charge in [0.2, 0.25) is 5.91 Å². The summed E-state index contributed by atoms with van der Waals surface area (Å²) in [7, 11) is 0. The van der Waals surface area contributed by atoms with Gasteiger partial charge in [-0.3, -0.25) is 9.69 Å². The van der Waals surface area contributed by atoms with E-state index >= 15 is 0 Å². The molecule has 0 spiro atoms. The van der Waals surface area contributed by atoms with Crippen LogP contribution in [0.2, 0.25) is 0 Å². The summed E-state index contributed by atoms with van der Waals surface area (Å²) in [5.74, 6) is 0.429. The number of hydrogen-bond acceptors (Lipinski definition) is 2. The zero-order valence-electron chi connectivity index (χ0n) is 15.0. The molecule has 0 atom stereocenters. The Morgan fingerprint density at radius 3 is 2.22 bits per heavy atom. The average Bonchev–Trinajstić information content (AvgIpc) is 2.64.